The molecule has 0 aromatic heterocycles. The number of nitrogens with one attached hydrogen (secondary N) is 1. The van der Waals surface area contributed by atoms with E-state index < -0.39 is 0 Å². The molecule has 1 saturated carbocycles. The van der Waals surface area contributed by atoms with Gasteiger partial charge in [0.1, 0.15) is 5.84 Å². The molecule has 1 aromatic rings. The van der Waals surface area contributed by atoms with Crippen molar-refractivity contribution in [1.29, 1.82) is 5.41 Å². The van der Waals surface area contributed by atoms with E-state index in [9.17, 15) is 0 Å². The Morgan fingerprint density at radius 2 is 1.82 bits per heavy atom. The number of nitrogens with zero attached hydrogens (tertiary/aromatic N) is 1. The summed E-state index contributed by atoms with van der Waals surface area (Å²) in [6.07, 6.45) is 4.16. The fourth-order valence-corrected chi connectivity index (χ4v) is 3.41. The summed E-state index contributed by atoms with van der Waals surface area (Å²) >= 11 is 0. The third-order valence-electron chi connectivity index (χ3n) is 4.26. The topological polar surface area (TPSA) is 53.1 Å². The number of anilines is 1. The van der Waals surface area contributed by atoms with Gasteiger partial charge in [-0.3, -0.25) is 5.41 Å². The molecular formula is C14H19N3. The fourth-order valence-electron chi connectivity index (χ4n) is 3.41. The Bertz CT molecular complexity index is 429. The maximum atomic E-state index is 7.65. The van der Waals surface area contributed by atoms with Gasteiger partial charge in [-0.05, 0) is 36.8 Å². The Balaban J connectivity index is 1.88. The van der Waals surface area contributed by atoms with Crippen LogP contribution >= 0.6 is 0 Å². The highest BCUT2D eigenvalue weighted by Gasteiger charge is 2.36. The van der Waals surface area contributed by atoms with Crippen molar-refractivity contribution in [1.82, 2.24) is 0 Å². The maximum Gasteiger partial charge on any atom is 0.124 e. The van der Waals surface area contributed by atoms with E-state index in [1.54, 1.807) is 0 Å². The summed E-state index contributed by atoms with van der Waals surface area (Å²) in [6.45, 7) is 2.30. The molecule has 3 heteroatoms. The molecule has 2 aliphatic rings. The Morgan fingerprint density at radius 1 is 1.18 bits per heavy atom. The van der Waals surface area contributed by atoms with E-state index in [-0.39, 0.29) is 5.84 Å². The number of para-hydroxylation sites is 1. The minimum atomic E-state index is 0.178. The molecule has 90 valence electrons. The molecule has 1 aliphatic heterocycles. The Labute approximate surface area is 102 Å². The fraction of sp³-hybridized carbons (Fsp3) is 0.500. The van der Waals surface area contributed by atoms with Crippen molar-refractivity contribution in [3.63, 3.8) is 0 Å². The number of fused-ring (bicyclic) bond motifs is 1. The van der Waals surface area contributed by atoms with Crippen LogP contribution in [0.5, 0.6) is 0 Å². The second-order valence-electron chi connectivity index (χ2n) is 5.29. The number of benzene rings is 1. The van der Waals surface area contributed by atoms with Crippen molar-refractivity contribution < 1.29 is 0 Å². The average Bonchev–Trinajstić information content (AvgIpc) is 2.88. The van der Waals surface area contributed by atoms with Crippen LogP contribution in [0, 0.1) is 17.2 Å². The molecule has 1 aromatic carbocycles. The van der Waals surface area contributed by atoms with Crippen LogP contribution in [0.25, 0.3) is 0 Å². The average molecular weight is 229 g/mol. The van der Waals surface area contributed by atoms with Gasteiger partial charge < -0.3 is 10.6 Å². The van der Waals surface area contributed by atoms with Crippen molar-refractivity contribution in [2.24, 2.45) is 17.6 Å². The first-order chi connectivity index (χ1) is 8.25. The number of nitrogens with two attached hydrogens (primary N) is 1. The van der Waals surface area contributed by atoms with Crippen LogP contribution < -0.4 is 10.6 Å². The van der Waals surface area contributed by atoms with Gasteiger partial charge in [0.2, 0.25) is 0 Å². The molecule has 0 spiro atoms. The molecule has 3 rings (SSSR count). The monoisotopic (exact) mass is 229 g/mol. The highest BCUT2D eigenvalue weighted by Crippen LogP contribution is 2.40. The summed E-state index contributed by atoms with van der Waals surface area (Å²) in [7, 11) is 0. The maximum absolute atomic E-state index is 7.65. The summed E-state index contributed by atoms with van der Waals surface area (Å²) < 4.78 is 0. The van der Waals surface area contributed by atoms with Crippen LogP contribution in [0.1, 0.15) is 24.8 Å². The van der Waals surface area contributed by atoms with Crippen molar-refractivity contribution in [3.05, 3.63) is 29.8 Å². The normalized spacial score (nSPS) is 27.2. The van der Waals surface area contributed by atoms with Crippen LogP contribution in [0.3, 0.4) is 0 Å². The lowest BCUT2D eigenvalue weighted by Gasteiger charge is -2.22. The van der Waals surface area contributed by atoms with E-state index in [1.165, 1.54) is 19.3 Å². The largest absolute Gasteiger partial charge is 0.384 e. The molecule has 1 aliphatic carbocycles. The van der Waals surface area contributed by atoms with Gasteiger partial charge in [-0.1, -0.05) is 18.6 Å². The Hall–Kier alpha value is -1.51. The number of nitrogen functional groups attached to an aromatic ring is 1. The Morgan fingerprint density at radius 3 is 2.47 bits per heavy atom. The van der Waals surface area contributed by atoms with Gasteiger partial charge in [-0.25, -0.2) is 0 Å². The third kappa shape index (κ3) is 1.79. The molecular weight excluding hydrogens is 210 g/mol. The van der Waals surface area contributed by atoms with E-state index in [2.05, 4.69) is 11.0 Å². The first kappa shape index (κ1) is 10.6. The molecule has 3 nitrogen and oxygen atoms in total. The molecule has 3 N–H and O–H groups in total. The van der Waals surface area contributed by atoms with Gasteiger partial charge in [0, 0.05) is 24.3 Å². The molecule has 0 radical (unpaired) electrons. The standard InChI is InChI=1S/C14H19N3/c15-14(16)12-6-1-2-7-13(12)17-8-10-4-3-5-11(10)9-17/h1-2,6-7,10-11H,3-5,8-9H2,(H3,15,16). The summed E-state index contributed by atoms with van der Waals surface area (Å²) in [5.74, 6) is 1.92. The summed E-state index contributed by atoms with van der Waals surface area (Å²) in [5.41, 5.74) is 7.68. The van der Waals surface area contributed by atoms with Crippen LogP contribution in [-0.4, -0.2) is 18.9 Å². The quantitative estimate of drug-likeness (QED) is 0.603. The second-order valence-corrected chi connectivity index (χ2v) is 5.29. The van der Waals surface area contributed by atoms with E-state index in [0.717, 1.165) is 36.2 Å². The molecule has 0 bridgehead atoms. The number of amidine groups is 1. The summed E-state index contributed by atoms with van der Waals surface area (Å²) in [4.78, 5) is 2.42. The number of rotatable bonds is 2. The third-order valence-corrected chi connectivity index (χ3v) is 4.26. The van der Waals surface area contributed by atoms with E-state index in [0.29, 0.717) is 0 Å². The van der Waals surface area contributed by atoms with Gasteiger partial charge in [-0.2, -0.15) is 0 Å². The SMILES string of the molecule is N=C(N)c1ccccc1N1CC2CCCC2C1. The molecule has 2 atom stereocenters. The zero-order valence-corrected chi connectivity index (χ0v) is 10.0. The smallest absolute Gasteiger partial charge is 0.124 e. The first-order valence-electron chi connectivity index (χ1n) is 6.44. The zero-order chi connectivity index (χ0) is 11.8. The van der Waals surface area contributed by atoms with Crippen molar-refractivity contribution >= 4 is 11.5 Å². The van der Waals surface area contributed by atoms with E-state index in [4.69, 9.17) is 11.1 Å². The molecule has 1 saturated heterocycles. The van der Waals surface area contributed by atoms with Crippen molar-refractivity contribution in [2.45, 2.75) is 19.3 Å². The van der Waals surface area contributed by atoms with Crippen molar-refractivity contribution in [2.75, 3.05) is 18.0 Å². The van der Waals surface area contributed by atoms with Gasteiger partial charge in [0.05, 0.1) is 0 Å². The second kappa shape index (κ2) is 4.06. The van der Waals surface area contributed by atoms with Gasteiger partial charge in [-0.15, -0.1) is 0 Å². The van der Waals surface area contributed by atoms with Crippen LogP contribution in [0.15, 0.2) is 24.3 Å². The lowest BCUT2D eigenvalue weighted by Crippen LogP contribution is -2.24. The number of hydrogen-bond acceptors (Lipinski definition) is 2. The van der Waals surface area contributed by atoms with Crippen LogP contribution in [-0.2, 0) is 0 Å². The first-order valence-corrected chi connectivity index (χ1v) is 6.44. The van der Waals surface area contributed by atoms with Gasteiger partial charge >= 0.3 is 0 Å². The summed E-state index contributed by atoms with van der Waals surface area (Å²) in [6, 6.07) is 8.04. The molecule has 2 fully saturated rings. The van der Waals surface area contributed by atoms with Crippen LogP contribution in [0.2, 0.25) is 0 Å². The lowest BCUT2D eigenvalue weighted by molar-refractivity contribution is 0.494. The van der Waals surface area contributed by atoms with Gasteiger partial charge in [0.25, 0.3) is 0 Å². The Kier molecular flexibility index (Phi) is 2.54. The summed E-state index contributed by atoms with van der Waals surface area (Å²) in [5, 5.41) is 7.65. The van der Waals surface area contributed by atoms with E-state index >= 15 is 0 Å². The highest BCUT2D eigenvalue weighted by atomic mass is 15.2. The van der Waals surface area contributed by atoms with E-state index in [1.807, 2.05) is 18.2 Å². The van der Waals surface area contributed by atoms with Crippen LogP contribution in [0.4, 0.5) is 5.69 Å². The molecule has 17 heavy (non-hydrogen) atoms. The predicted molar refractivity (Wildman–Crippen MR) is 70.5 cm³/mol. The molecule has 1 heterocycles. The molecule has 2 unspecified atom stereocenters. The van der Waals surface area contributed by atoms with Gasteiger partial charge in [0.15, 0.2) is 0 Å². The highest BCUT2D eigenvalue weighted by molar-refractivity contribution is 6.00. The molecule has 0 amide bonds. The predicted octanol–water partition coefficient (Wildman–Crippen LogP) is 2.21. The van der Waals surface area contributed by atoms with Crippen molar-refractivity contribution in [3.8, 4) is 0 Å². The number of hydrogen-bond donors (Lipinski definition) is 2. The lowest BCUT2D eigenvalue weighted by atomic mass is 10.0. The zero-order valence-electron chi connectivity index (χ0n) is 10.0. The minimum Gasteiger partial charge on any atom is -0.384 e. The minimum absolute atomic E-state index is 0.178.